The van der Waals surface area contributed by atoms with E-state index in [0.717, 1.165) is 18.4 Å². The molecule has 0 bridgehead atoms. The van der Waals surface area contributed by atoms with Crippen molar-refractivity contribution in [2.75, 3.05) is 6.54 Å². The van der Waals surface area contributed by atoms with Crippen molar-refractivity contribution < 1.29 is 14.5 Å². The Kier molecular flexibility index (Phi) is 6.50. The lowest BCUT2D eigenvalue weighted by Crippen LogP contribution is -2.41. The van der Waals surface area contributed by atoms with Gasteiger partial charge in [-0.1, -0.05) is 38.1 Å². The van der Waals surface area contributed by atoms with Gasteiger partial charge in [-0.3, -0.25) is 19.7 Å². The van der Waals surface area contributed by atoms with Crippen molar-refractivity contribution in [2.24, 2.45) is 0 Å². The van der Waals surface area contributed by atoms with Crippen LogP contribution in [0.5, 0.6) is 0 Å². The summed E-state index contributed by atoms with van der Waals surface area (Å²) in [5.74, 6) is -0.0886. The Morgan fingerprint density at radius 2 is 1.83 bits per heavy atom. The van der Waals surface area contributed by atoms with Gasteiger partial charge in [0.25, 0.3) is 11.6 Å². The van der Waals surface area contributed by atoms with Crippen molar-refractivity contribution in [3.8, 4) is 0 Å². The van der Waals surface area contributed by atoms with Crippen LogP contribution in [-0.4, -0.2) is 34.2 Å². The summed E-state index contributed by atoms with van der Waals surface area (Å²) in [6.07, 6.45) is 1.95. The average Bonchev–Trinajstić information content (AvgIpc) is 3.55. The SMILES string of the molecule is Cc1cc(C(=O)NCC(=O)N(Cc2ccc(C(C)C)cc2)C2CC2)ccc1[N+](=O)[O-]. The highest BCUT2D eigenvalue weighted by Gasteiger charge is 2.32. The molecule has 7 nitrogen and oxygen atoms in total. The van der Waals surface area contributed by atoms with E-state index in [1.807, 2.05) is 4.90 Å². The monoisotopic (exact) mass is 409 g/mol. The van der Waals surface area contributed by atoms with Crippen molar-refractivity contribution in [1.29, 1.82) is 0 Å². The maximum atomic E-state index is 12.8. The molecule has 2 amide bonds. The number of nitrogens with one attached hydrogen (secondary N) is 1. The first-order valence-corrected chi connectivity index (χ1v) is 10.2. The van der Waals surface area contributed by atoms with Crippen molar-refractivity contribution in [3.05, 3.63) is 74.8 Å². The van der Waals surface area contributed by atoms with E-state index in [4.69, 9.17) is 0 Å². The fraction of sp³-hybridized carbons (Fsp3) is 0.391. The third-order valence-corrected chi connectivity index (χ3v) is 5.36. The van der Waals surface area contributed by atoms with Crippen LogP contribution in [0.1, 0.15) is 59.7 Å². The molecule has 2 aromatic carbocycles. The number of nitrogens with zero attached hydrogens (tertiary/aromatic N) is 2. The summed E-state index contributed by atoms with van der Waals surface area (Å²) in [6, 6.07) is 12.7. The van der Waals surface area contributed by atoms with E-state index in [1.54, 1.807) is 6.92 Å². The molecule has 7 heteroatoms. The maximum Gasteiger partial charge on any atom is 0.272 e. The minimum Gasteiger partial charge on any atom is -0.343 e. The summed E-state index contributed by atoms with van der Waals surface area (Å²) in [6.45, 7) is 6.29. The predicted octanol–water partition coefficient (Wildman–Crippen LogP) is 3.95. The van der Waals surface area contributed by atoms with E-state index in [9.17, 15) is 19.7 Å². The van der Waals surface area contributed by atoms with Gasteiger partial charge in [-0.15, -0.1) is 0 Å². The first kappa shape index (κ1) is 21.5. The van der Waals surface area contributed by atoms with E-state index in [0.29, 0.717) is 23.6 Å². The molecule has 0 atom stereocenters. The predicted molar refractivity (Wildman–Crippen MR) is 114 cm³/mol. The Labute approximate surface area is 176 Å². The van der Waals surface area contributed by atoms with E-state index >= 15 is 0 Å². The molecule has 30 heavy (non-hydrogen) atoms. The second-order valence-corrected chi connectivity index (χ2v) is 8.09. The minimum atomic E-state index is -0.484. The topological polar surface area (TPSA) is 92.6 Å². The van der Waals surface area contributed by atoms with Gasteiger partial charge in [0.15, 0.2) is 0 Å². The quantitative estimate of drug-likeness (QED) is 0.528. The molecule has 0 heterocycles. The van der Waals surface area contributed by atoms with Gasteiger partial charge in [-0.05, 0) is 48.9 Å². The van der Waals surface area contributed by atoms with Crippen molar-refractivity contribution >= 4 is 17.5 Å². The minimum absolute atomic E-state index is 0.0361. The number of rotatable bonds is 8. The molecule has 3 rings (SSSR count). The number of nitro benzene ring substituents is 1. The number of carbonyl (C=O) groups excluding carboxylic acids is 2. The van der Waals surface area contributed by atoms with Gasteiger partial charge in [-0.2, -0.15) is 0 Å². The van der Waals surface area contributed by atoms with Crippen LogP contribution >= 0.6 is 0 Å². The average molecular weight is 409 g/mol. The van der Waals surface area contributed by atoms with Crippen molar-refractivity contribution in [2.45, 2.75) is 52.1 Å². The van der Waals surface area contributed by atoms with Gasteiger partial charge in [0.2, 0.25) is 5.91 Å². The van der Waals surface area contributed by atoms with Crippen LogP contribution < -0.4 is 5.32 Å². The largest absolute Gasteiger partial charge is 0.343 e. The van der Waals surface area contributed by atoms with Crippen LogP contribution in [0.15, 0.2) is 42.5 Å². The van der Waals surface area contributed by atoms with Crippen LogP contribution in [0.25, 0.3) is 0 Å². The molecule has 1 N–H and O–H groups in total. The van der Waals surface area contributed by atoms with Gasteiger partial charge in [0, 0.05) is 29.8 Å². The highest BCUT2D eigenvalue weighted by molar-refractivity contribution is 5.97. The normalized spacial score (nSPS) is 13.2. The van der Waals surface area contributed by atoms with Crippen LogP contribution in [0.3, 0.4) is 0 Å². The van der Waals surface area contributed by atoms with Crippen LogP contribution in [-0.2, 0) is 11.3 Å². The standard InChI is InChI=1S/C23H27N3O4/c1-15(2)18-6-4-17(5-7-18)14-25(20-9-10-20)22(27)13-24-23(28)19-8-11-21(26(29)30)16(3)12-19/h4-8,11-12,15,20H,9-10,13-14H2,1-3H3,(H,24,28). The van der Waals surface area contributed by atoms with E-state index < -0.39 is 10.8 Å². The number of nitro groups is 1. The second-order valence-electron chi connectivity index (χ2n) is 8.09. The fourth-order valence-corrected chi connectivity index (χ4v) is 3.37. The summed E-state index contributed by atoms with van der Waals surface area (Å²) in [5.41, 5.74) is 2.99. The van der Waals surface area contributed by atoms with Gasteiger partial charge < -0.3 is 10.2 Å². The molecule has 0 aliphatic heterocycles. The molecule has 1 aliphatic carbocycles. The molecule has 0 spiro atoms. The molecule has 1 fully saturated rings. The molecule has 1 saturated carbocycles. The Morgan fingerprint density at radius 3 is 2.37 bits per heavy atom. The third kappa shape index (κ3) is 5.23. The molecule has 0 radical (unpaired) electrons. The Balaban J connectivity index is 1.61. The lowest BCUT2D eigenvalue weighted by molar-refractivity contribution is -0.385. The van der Waals surface area contributed by atoms with Crippen molar-refractivity contribution in [1.82, 2.24) is 10.2 Å². The van der Waals surface area contributed by atoms with Gasteiger partial charge in [0.1, 0.15) is 0 Å². The smallest absolute Gasteiger partial charge is 0.272 e. The van der Waals surface area contributed by atoms with Gasteiger partial charge in [0.05, 0.1) is 11.5 Å². The Bertz CT molecular complexity index is 949. The van der Waals surface area contributed by atoms with Crippen LogP contribution in [0.2, 0.25) is 0 Å². The molecule has 2 aromatic rings. The Hall–Kier alpha value is -3.22. The zero-order valence-corrected chi connectivity index (χ0v) is 17.6. The molecule has 158 valence electrons. The molecule has 1 aliphatic rings. The number of hydrogen-bond acceptors (Lipinski definition) is 4. The van der Waals surface area contributed by atoms with Crippen LogP contribution in [0, 0.1) is 17.0 Å². The summed E-state index contributed by atoms with van der Waals surface area (Å²) in [5, 5.41) is 13.6. The molecule has 0 unspecified atom stereocenters. The highest BCUT2D eigenvalue weighted by atomic mass is 16.6. The zero-order valence-electron chi connectivity index (χ0n) is 17.6. The van der Waals surface area contributed by atoms with Gasteiger partial charge in [-0.25, -0.2) is 0 Å². The first-order chi connectivity index (χ1) is 14.3. The number of carbonyl (C=O) groups is 2. The molecule has 0 aromatic heterocycles. The second kappa shape index (κ2) is 9.07. The van der Waals surface area contributed by atoms with Gasteiger partial charge >= 0.3 is 0 Å². The molecular weight excluding hydrogens is 382 g/mol. The number of aryl methyl sites for hydroxylation is 1. The van der Waals surface area contributed by atoms with Crippen molar-refractivity contribution in [3.63, 3.8) is 0 Å². The van der Waals surface area contributed by atoms with E-state index in [1.165, 1.54) is 23.8 Å². The number of amides is 2. The summed E-state index contributed by atoms with van der Waals surface area (Å²) in [4.78, 5) is 37.4. The third-order valence-electron chi connectivity index (χ3n) is 5.36. The number of benzene rings is 2. The summed E-state index contributed by atoms with van der Waals surface area (Å²) in [7, 11) is 0. The van der Waals surface area contributed by atoms with Crippen LogP contribution in [0.4, 0.5) is 5.69 Å². The first-order valence-electron chi connectivity index (χ1n) is 10.2. The molecule has 0 saturated heterocycles. The Morgan fingerprint density at radius 1 is 1.17 bits per heavy atom. The maximum absolute atomic E-state index is 12.8. The van der Waals surface area contributed by atoms with E-state index in [2.05, 4.69) is 43.4 Å². The molecular formula is C23H27N3O4. The fourth-order valence-electron chi connectivity index (χ4n) is 3.37. The highest BCUT2D eigenvalue weighted by Crippen LogP contribution is 2.28. The summed E-state index contributed by atoms with van der Waals surface area (Å²) < 4.78 is 0. The lowest BCUT2D eigenvalue weighted by atomic mass is 10.0. The van der Waals surface area contributed by atoms with E-state index in [-0.39, 0.29) is 24.2 Å². The number of hydrogen-bond donors (Lipinski definition) is 1. The summed E-state index contributed by atoms with van der Waals surface area (Å²) >= 11 is 0. The zero-order chi connectivity index (χ0) is 21.8. The lowest BCUT2D eigenvalue weighted by Gasteiger charge is -2.23.